The van der Waals surface area contributed by atoms with E-state index in [0.29, 0.717) is 24.7 Å². The van der Waals surface area contributed by atoms with Crippen molar-refractivity contribution in [1.29, 1.82) is 0 Å². The van der Waals surface area contributed by atoms with E-state index in [2.05, 4.69) is 15.5 Å². The Morgan fingerprint density at radius 2 is 2.17 bits per heavy atom. The highest BCUT2D eigenvalue weighted by molar-refractivity contribution is 5.78. The van der Waals surface area contributed by atoms with Crippen LogP contribution in [0.1, 0.15) is 57.2 Å². The summed E-state index contributed by atoms with van der Waals surface area (Å²) in [6, 6.07) is 0. The van der Waals surface area contributed by atoms with Crippen molar-refractivity contribution in [2.45, 2.75) is 51.9 Å². The lowest BCUT2D eigenvalue weighted by Gasteiger charge is -2.08. The fourth-order valence-electron chi connectivity index (χ4n) is 2.23. The van der Waals surface area contributed by atoms with Crippen molar-refractivity contribution in [3.8, 4) is 0 Å². The molecule has 0 saturated heterocycles. The van der Waals surface area contributed by atoms with Gasteiger partial charge < -0.3 is 9.84 Å². The molecule has 0 unspecified atom stereocenters. The summed E-state index contributed by atoms with van der Waals surface area (Å²) in [5, 5.41) is 6.85. The monoisotopic (exact) mass is 251 g/mol. The smallest absolute Gasteiger partial charge is 0.229 e. The van der Waals surface area contributed by atoms with Crippen molar-refractivity contribution in [3.63, 3.8) is 0 Å². The summed E-state index contributed by atoms with van der Waals surface area (Å²) in [6.07, 6.45) is 5.06. The molecule has 2 rings (SSSR count). The van der Waals surface area contributed by atoms with Crippen LogP contribution in [0.3, 0.4) is 0 Å². The predicted octanol–water partition coefficient (Wildman–Crippen LogP) is 2.04. The first-order chi connectivity index (χ1) is 8.66. The van der Waals surface area contributed by atoms with Crippen LogP contribution in [0.5, 0.6) is 0 Å². The molecular formula is C13H21N3O2. The van der Waals surface area contributed by atoms with E-state index >= 15 is 0 Å². The van der Waals surface area contributed by atoms with Gasteiger partial charge in [-0.05, 0) is 12.8 Å². The molecule has 1 aliphatic carbocycles. The number of nitrogens with zero attached hydrogens (tertiary/aromatic N) is 2. The van der Waals surface area contributed by atoms with E-state index in [0.717, 1.165) is 12.8 Å². The van der Waals surface area contributed by atoms with Crippen molar-refractivity contribution in [3.05, 3.63) is 11.7 Å². The molecule has 0 radical (unpaired) electrons. The van der Waals surface area contributed by atoms with Gasteiger partial charge in [-0.3, -0.25) is 4.79 Å². The third-order valence-electron chi connectivity index (χ3n) is 3.35. The fraction of sp³-hybridized carbons (Fsp3) is 0.769. The fourth-order valence-corrected chi connectivity index (χ4v) is 2.23. The molecule has 0 aromatic carbocycles. The van der Waals surface area contributed by atoms with Gasteiger partial charge in [0.15, 0.2) is 5.82 Å². The lowest BCUT2D eigenvalue weighted by molar-refractivity contribution is -0.124. The molecule has 1 aromatic heterocycles. The van der Waals surface area contributed by atoms with Gasteiger partial charge in [0.25, 0.3) is 0 Å². The van der Waals surface area contributed by atoms with E-state index in [9.17, 15) is 4.79 Å². The number of hydrogen-bond donors (Lipinski definition) is 1. The highest BCUT2D eigenvalue weighted by atomic mass is 16.5. The molecule has 1 aromatic rings. The molecule has 100 valence electrons. The summed E-state index contributed by atoms with van der Waals surface area (Å²) >= 11 is 0. The molecule has 0 atom stereocenters. The topological polar surface area (TPSA) is 68.0 Å². The SMILES string of the molecule is CC(C)c1nc(CCNC(=O)C2CCCC2)no1. The van der Waals surface area contributed by atoms with Crippen molar-refractivity contribution >= 4 is 5.91 Å². The number of hydrogen-bond acceptors (Lipinski definition) is 4. The number of nitrogens with one attached hydrogen (secondary N) is 1. The number of rotatable bonds is 5. The van der Waals surface area contributed by atoms with Crippen LogP contribution in [0.25, 0.3) is 0 Å². The first kappa shape index (κ1) is 13.1. The summed E-state index contributed by atoms with van der Waals surface area (Å²) in [5.74, 6) is 1.98. The second-order valence-corrected chi connectivity index (χ2v) is 5.23. The molecule has 1 fully saturated rings. The minimum Gasteiger partial charge on any atom is -0.355 e. The molecule has 0 bridgehead atoms. The van der Waals surface area contributed by atoms with Gasteiger partial charge in [0.1, 0.15) is 0 Å². The Hall–Kier alpha value is -1.39. The standard InChI is InChI=1S/C13H21N3O2/c1-9(2)13-15-11(16-18-13)7-8-14-12(17)10-5-3-4-6-10/h9-10H,3-8H2,1-2H3,(H,14,17). The van der Waals surface area contributed by atoms with Gasteiger partial charge in [-0.1, -0.05) is 31.8 Å². The van der Waals surface area contributed by atoms with Gasteiger partial charge in [0, 0.05) is 24.8 Å². The Morgan fingerprint density at radius 3 is 2.78 bits per heavy atom. The number of amides is 1. The van der Waals surface area contributed by atoms with Crippen LogP contribution in [0, 0.1) is 5.92 Å². The summed E-state index contributed by atoms with van der Waals surface area (Å²) in [6.45, 7) is 4.62. The first-order valence-electron chi connectivity index (χ1n) is 6.77. The zero-order valence-electron chi connectivity index (χ0n) is 11.1. The van der Waals surface area contributed by atoms with Gasteiger partial charge in [-0.25, -0.2) is 0 Å². The molecule has 5 nitrogen and oxygen atoms in total. The summed E-state index contributed by atoms with van der Waals surface area (Å²) in [4.78, 5) is 16.0. The number of carbonyl (C=O) groups excluding carboxylic acids is 1. The molecule has 0 spiro atoms. The third-order valence-corrected chi connectivity index (χ3v) is 3.35. The van der Waals surface area contributed by atoms with Gasteiger partial charge in [-0.2, -0.15) is 4.98 Å². The summed E-state index contributed by atoms with van der Waals surface area (Å²) in [5.41, 5.74) is 0. The third kappa shape index (κ3) is 3.31. The quantitative estimate of drug-likeness (QED) is 0.869. The first-order valence-corrected chi connectivity index (χ1v) is 6.77. The van der Waals surface area contributed by atoms with Crippen molar-refractivity contribution in [1.82, 2.24) is 15.5 Å². The average molecular weight is 251 g/mol. The average Bonchev–Trinajstić information content (AvgIpc) is 3.00. The van der Waals surface area contributed by atoms with Gasteiger partial charge in [0.2, 0.25) is 11.8 Å². The molecule has 1 saturated carbocycles. The lowest BCUT2D eigenvalue weighted by Crippen LogP contribution is -2.31. The molecule has 1 amide bonds. The van der Waals surface area contributed by atoms with E-state index < -0.39 is 0 Å². The Kier molecular flexibility index (Phi) is 4.33. The molecule has 0 aliphatic heterocycles. The molecule has 18 heavy (non-hydrogen) atoms. The minimum atomic E-state index is 0.181. The van der Waals surface area contributed by atoms with Crippen LogP contribution >= 0.6 is 0 Å². The highest BCUT2D eigenvalue weighted by Gasteiger charge is 2.22. The Morgan fingerprint density at radius 1 is 1.44 bits per heavy atom. The van der Waals surface area contributed by atoms with Crippen LogP contribution < -0.4 is 5.32 Å². The van der Waals surface area contributed by atoms with E-state index in [1.54, 1.807) is 0 Å². The van der Waals surface area contributed by atoms with Crippen LogP contribution in [0.2, 0.25) is 0 Å². The maximum Gasteiger partial charge on any atom is 0.229 e. The second-order valence-electron chi connectivity index (χ2n) is 5.23. The molecular weight excluding hydrogens is 230 g/mol. The minimum absolute atomic E-state index is 0.181. The van der Waals surface area contributed by atoms with E-state index in [-0.39, 0.29) is 17.7 Å². The Balaban J connectivity index is 1.72. The van der Waals surface area contributed by atoms with Crippen LogP contribution in [0.4, 0.5) is 0 Å². The van der Waals surface area contributed by atoms with E-state index in [1.165, 1.54) is 12.8 Å². The molecule has 1 N–H and O–H groups in total. The maximum absolute atomic E-state index is 11.8. The van der Waals surface area contributed by atoms with Crippen molar-refractivity contribution in [2.24, 2.45) is 5.92 Å². The largest absolute Gasteiger partial charge is 0.355 e. The molecule has 1 heterocycles. The van der Waals surface area contributed by atoms with Gasteiger partial charge in [-0.15, -0.1) is 0 Å². The van der Waals surface area contributed by atoms with Crippen LogP contribution in [-0.2, 0) is 11.2 Å². The van der Waals surface area contributed by atoms with Crippen LogP contribution in [-0.4, -0.2) is 22.6 Å². The zero-order valence-corrected chi connectivity index (χ0v) is 11.1. The highest BCUT2D eigenvalue weighted by Crippen LogP contribution is 2.24. The Labute approximate surface area is 107 Å². The predicted molar refractivity (Wildman–Crippen MR) is 67.1 cm³/mol. The van der Waals surface area contributed by atoms with Gasteiger partial charge in [0.05, 0.1) is 0 Å². The zero-order chi connectivity index (χ0) is 13.0. The number of carbonyl (C=O) groups is 1. The molecule has 1 aliphatic rings. The van der Waals surface area contributed by atoms with Crippen molar-refractivity contribution in [2.75, 3.05) is 6.54 Å². The summed E-state index contributed by atoms with van der Waals surface area (Å²) in [7, 11) is 0. The second kappa shape index (κ2) is 5.98. The Bertz CT molecular complexity index is 395. The normalized spacial score (nSPS) is 16.4. The van der Waals surface area contributed by atoms with Crippen molar-refractivity contribution < 1.29 is 9.32 Å². The molecule has 5 heteroatoms. The summed E-state index contributed by atoms with van der Waals surface area (Å²) < 4.78 is 5.11. The lowest BCUT2D eigenvalue weighted by atomic mass is 10.1. The van der Waals surface area contributed by atoms with Gasteiger partial charge >= 0.3 is 0 Å². The van der Waals surface area contributed by atoms with E-state index in [1.807, 2.05) is 13.8 Å². The maximum atomic E-state index is 11.8. The number of aromatic nitrogens is 2. The van der Waals surface area contributed by atoms with E-state index in [4.69, 9.17) is 4.52 Å². The van der Waals surface area contributed by atoms with Crippen LogP contribution in [0.15, 0.2) is 4.52 Å².